The number of hydrogen-bond acceptors (Lipinski definition) is 5. The SMILES string of the molecule is COCCC(C)(C)CNc1ncnc2sc(C)cc12. The maximum absolute atomic E-state index is 5.15. The monoisotopic (exact) mass is 279 g/mol. The van der Waals surface area contributed by atoms with E-state index in [2.05, 4.69) is 42.1 Å². The fraction of sp³-hybridized carbons (Fsp3) is 0.571. The Morgan fingerprint density at radius 2 is 2.16 bits per heavy atom. The van der Waals surface area contributed by atoms with Crippen LogP contribution in [0.2, 0.25) is 0 Å². The van der Waals surface area contributed by atoms with Crippen molar-refractivity contribution in [1.29, 1.82) is 0 Å². The molecule has 0 saturated carbocycles. The van der Waals surface area contributed by atoms with Crippen LogP contribution in [0.1, 0.15) is 25.1 Å². The second-order valence-corrected chi connectivity index (χ2v) is 6.79. The van der Waals surface area contributed by atoms with E-state index in [1.165, 1.54) is 4.88 Å². The van der Waals surface area contributed by atoms with Gasteiger partial charge < -0.3 is 10.1 Å². The van der Waals surface area contributed by atoms with Crippen LogP contribution in [0.5, 0.6) is 0 Å². The lowest BCUT2D eigenvalue weighted by atomic mass is 9.90. The number of nitrogens with zero attached hydrogens (tertiary/aromatic N) is 2. The molecule has 2 rings (SSSR count). The Kier molecular flexibility index (Phi) is 4.37. The summed E-state index contributed by atoms with van der Waals surface area (Å²) >= 11 is 1.70. The predicted molar refractivity (Wildman–Crippen MR) is 80.9 cm³/mol. The highest BCUT2D eigenvalue weighted by molar-refractivity contribution is 7.18. The number of thiophene rings is 1. The van der Waals surface area contributed by atoms with Crippen LogP contribution in [-0.4, -0.2) is 30.2 Å². The van der Waals surface area contributed by atoms with E-state index in [0.29, 0.717) is 0 Å². The van der Waals surface area contributed by atoms with Crippen LogP contribution >= 0.6 is 11.3 Å². The molecule has 2 aromatic heterocycles. The lowest BCUT2D eigenvalue weighted by molar-refractivity contribution is 0.157. The van der Waals surface area contributed by atoms with Crippen LogP contribution in [-0.2, 0) is 4.74 Å². The average Bonchev–Trinajstić information content (AvgIpc) is 2.74. The third-order valence-electron chi connectivity index (χ3n) is 3.17. The minimum atomic E-state index is 0.179. The van der Waals surface area contributed by atoms with Crippen molar-refractivity contribution in [3.63, 3.8) is 0 Å². The van der Waals surface area contributed by atoms with E-state index in [-0.39, 0.29) is 5.41 Å². The second kappa shape index (κ2) is 5.84. The molecule has 0 fully saturated rings. The van der Waals surface area contributed by atoms with Gasteiger partial charge in [0.15, 0.2) is 0 Å². The number of anilines is 1. The highest BCUT2D eigenvalue weighted by atomic mass is 32.1. The van der Waals surface area contributed by atoms with Crippen molar-refractivity contribution in [3.05, 3.63) is 17.3 Å². The third kappa shape index (κ3) is 3.64. The van der Waals surface area contributed by atoms with Gasteiger partial charge in [-0.25, -0.2) is 9.97 Å². The Balaban J connectivity index is 2.09. The van der Waals surface area contributed by atoms with Crippen LogP contribution in [0.15, 0.2) is 12.4 Å². The summed E-state index contributed by atoms with van der Waals surface area (Å²) in [4.78, 5) is 11.0. The van der Waals surface area contributed by atoms with Gasteiger partial charge in [0.1, 0.15) is 17.0 Å². The van der Waals surface area contributed by atoms with Crippen LogP contribution in [0.4, 0.5) is 5.82 Å². The number of aryl methyl sites for hydroxylation is 1. The van der Waals surface area contributed by atoms with Crippen molar-refractivity contribution >= 4 is 27.4 Å². The van der Waals surface area contributed by atoms with E-state index < -0.39 is 0 Å². The van der Waals surface area contributed by atoms with E-state index in [1.807, 2.05) is 0 Å². The van der Waals surface area contributed by atoms with Gasteiger partial charge in [-0.2, -0.15) is 0 Å². The largest absolute Gasteiger partial charge is 0.385 e. The van der Waals surface area contributed by atoms with Gasteiger partial charge in [-0.15, -0.1) is 11.3 Å². The van der Waals surface area contributed by atoms with Crippen LogP contribution in [0, 0.1) is 12.3 Å². The van der Waals surface area contributed by atoms with Crippen molar-refractivity contribution in [1.82, 2.24) is 9.97 Å². The lowest BCUT2D eigenvalue weighted by Crippen LogP contribution is -2.25. The Bertz CT molecular complexity index is 551. The molecule has 0 aliphatic heterocycles. The maximum Gasteiger partial charge on any atom is 0.138 e. The molecule has 1 N–H and O–H groups in total. The average molecular weight is 279 g/mol. The van der Waals surface area contributed by atoms with Gasteiger partial charge >= 0.3 is 0 Å². The number of hydrogen-bond donors (Lipinski definition) is 1. The minimum Gasteiger partial charge on any atom is -0.385 e. The molecule has 0 aliphatic rings. The molecular weight excluding hydrogens is 258 g/mol. The first-order valence-corrected chi connectivity index (χ1v) is 7.27. The van der Waals surface area contributed by atoms with Crippen LogP contribution in [0.25, 0.3) is 10.2 Å². The standard InChI is InChI=1S/C14H21N3OS/c1-10-7-11-12(16-9-17-13(11)19-10)15-8-14(2,3)5-6-18-4/h7,9H,5-6,8H2,1-4H3,(H,15,16,17). The quantitative estimate of drug-likeness (QED) is 0.879. The fourth-order valence-corrected chi connectivity index (χ4v) is 2.75. The first-order chi connectivity index (χ1) is 9.02. The first kappa shape index (κ1) is 14.2. The maximum atomic E-state index is 5.15. The molecule has 19 heavy (non-hydrogen) atoms. The summed E-state index contributed by atoms with van der Waals surface area (Å²) in [6, 6.07) is 2.14. The summed E-state index contributed by atoms with van der Waals surface area (Å²) < 4.78 is 5.15. The van der Waals surface area contributed by atoms with E-state index in [9.17, 15) is 0 Å². The predicted octanol–water partition coefficient (Wildman–Crippen LogP) is 3.47. The summed E-state index contributed by atoms with van der Waals surface area (Å²) in [7, 11) is 1.74. The molecule has 0 atom stereocenters. The first-order valence-electron chi connectivity index (χ1n) is 6.46. The van der Waals surface area contributed by atoms with Crippen molar-refractivity contribution in [2.75, 3.05) is 25.6 Å². The van der Waals surface area contributed by atoms with E-state index >= 15 is 0 Å². The molecule has 0 aliphatic carbocycles. The molecule has 0 aromatic carbocycles. The molecule has 0 amide bonds. The number of rotatable bonds is 6. The summed E-state index contributed by atoms with van der Waals surface area (Å²) in [5, 5.41) is 4.57. The number of fused-ring (bicyclic) bond motifs is 1. The number of ether oxygens (including phenoxy) is 1. The molecule has 0 radical (unpaired) electrons. The van der Waals surface area contributed by atoms with Gasteiger partial charge in [0, 0.05) is 25.1 Å². The van der Waals surface area contributed by atoms with Crippen molar-refractivity contribution in [2.24, 2.45) is 5.41 Å². The topological polar surface area (TPSA) is 47.0 Å². The highest BCUT2D eigenvalue weighted by Crippen LogP contribution is 2.28. The smallest absolute Gasteiger partial charge is 0.138 e. The van der Waals surface area contributed by atoms with Gasteiger partial charge in [-0.3, -0.25) is 0 Å². The summed E-state index contributed by atoms with van der Waals surface area (Å²) in [5.41, 5.74) is 0.179. The van der Waals surface area contributed by atoms with Gasteiger partial charge in [0.2, 0.25) is 0 Å². The fourth-order valence-electron chi connectivity index (χ4n) is 1.91. The Hall–Kier alpha value is -1.20. The summed E-state index contributed by atoms with van der Waals surface area (Å²) in [6.07, 6.45) is 2.65. The van der Waals surface area contributed by atoms with Gasteiger partial charge in [-0.1, -0.05) is 13.8 Å². The molecule has 5 heteroatoms. The highest BCUT2D eigenvalue weighted by Gasteiger charge is 2.18. The molecule has 2 heterocycles. The molecule has 4 nitrogen and oxygen atoms in total. The number of methoxy groups -OCH3 is 1. The van der Waals surface area contributed by atoms with E-state index in [4.69, 9.17) is 4.74 Å². The van der Waals surface area contributed by atoms with E-state index in [1.54, 1.807) is 24.8 Å². The molecule has 0 bridgehead atoms. The molecule has 104 valence electrons. The Morgan fingerprint density at radius 1 is 1.37 bits per heavy atom. The minimum absolute atomic E-state index is 0.179. The van der Waals surface area contributed by atoms with Crippen LogP contribution < -0.4 is 5.32 Å². The van der Waals surface area contributed by atoms with Crippen LogP contribution in [0.3, 0.4) is 0 Å². The Labute approximate surface area is 118 Å². The lowest BCUT2D eigenvalue weighted by Gasteiger charge is -2.24. The van der Waals surface area contributed by atoms with Gasteiger partial charge in [0.25, 0.3) is 0 Å². The molecular formula is C14H21N3OS. The molecule has 0 saturated heterocycles. The zero-order valence-corrected chi connectivity index (χ0v) is 12.8. The molecule has 2 aromatic rings. The normalized spacial score (nSPS) is 12.0. The van der Waals surface area contributed by atoms with Gasteiger partial charge in [0.05, 0.1) is 5.39 Å². The third-order valence-corrected chi connectivity index (χ3v) is 4.13. The molecule has 0 unspecified atom stereocenters. The zero-order chi connectivity index (χ0) is 13.9. The van der Waals surface area contributed by atoms with Crippen molar-refractivity contribution in [3.8, 4) is 0 Å². The van der Waals surface area contributed by atoms with E-state index in [0.717, 1.165) is 35.6 Å². The molecule has 0 spiro atoms. The zero-order valence-electron chi connectivity index (χ0n) is 12.0. The van der Waals surface area contributed by atoms with Crippen molar-refractivity contribution in [2.45, 2.75) is 27.2 Å². The number of aromatic nitrogens is 2. The van der Waals surface area contributed by atoms with Gasteiger partial charge in [-0.05, 0) is 24.8 Å². The second-order valence-electron chi connectivity index (χ2n) is 5.56. The summed E-state index contributed by atoms with van der Waals surface area (Å²) in [6.45, 7) is 8.22. The number of nitrogens with one attached hydrogen (secondary N) is 1. The Morgan fingerprint density at radius 3 is 2.89 bits per heavy atom. The van der Waals surface area contributed by atoms with Crippen molar-refractivity contribution < 1.29 is 4.74 Å². The summed E-state index contributed by atoms with van der Waals surface area (Å²) in [5.74, 6) is 0.930.